The van der Waals surface area contributed by atoms with Gasteiger partial charge in [-0.2, -0.15) is 9.37 Å². The van der Waals surface area contributed by atoms with Crippen molar-refractivity contribution in [3.8, 4) is 23.1 Å². The number of thiocarbonyl (C=S) groups is 1. The quantitative estimate of drug-likeness (QED) is 0.219. The third-order valence-corrected chi connectivity index (χ3v) is 6.06. The minimum absolute atomic E-state index is 0.150. The number of thioether (sulfide) groups is 1. The van der Waals surface area contributed by atoms with E-state index in [0.29, 0.717) is 38.6 Å². The second-order valence-corrected chi connectivity index (χ2v) is 8.74. The van der Waals surface area contributed by atoms with Crippen molar-refractivity contribution in [3.63, 3.8) is 0 Å². The van der Waals surface area contributed by atoms with Crippen LogP contribution in [0.1, 0.15) is 12.5 Å². The molecule has 0 N–H and O–H groups in total. The van der Waals surface area contributed by atoms with Crippen LogP contribution < -0.4 is 19.1 Å². The molecule has 174 valence electrons. The van der Waals surface area contributed by atoms with Crippen LogP contribution in [0.3, 0.4) is 0 Å². The SMILES string of the molecule is CCOc1cc(/C=C2/SC(=S)N(c3ccccc3OC)C2=O)ccc1Oc1nc(Cl)ncc1F. The van der Waals surface area contributed by atoms with Crippen LogP contribution >= 0.6 is 35.6 Å². The average molecular weight is 518 g/mol. The number of hydrogen-bond donors (Lipinski definition) is 0. The van der Waals surface area contributed by atoms with Crippen LogP contribution in [0.25, 0.3) is 6.08 Å². The van der Waals surface area contributed by atoms with Crippen molar-refractivity contribution in [3.05, 3.63) is 70.2 Å². The van der Waals surface area contributed by atoms with Crippen LogP contribution in [0.4, 0.5) is 10.1 Å². The van der Waals surface area contributed by atoms with Gasteiger partial charge in [-0.3, -0.25) is 9.69 Å². The number of benzene rings is 2. The molecule has 1 aromatic heterocycles. The van der Waals surface area contributed by atoms with E-state index in [1.54, 1.807) is 49.4 Å². The zero-order chi connectivity index (χ0) is 24.2. The van der Waals surface area contributed by atoms with Gasteiger partial charge in [0.2, 0.25) is 11.1 Å². The van der Waals surface area contributed by atoms with Crippen molar-refractivity contribution in [2.75, 3.05) is 18.6 Å². The number of ether oxygens (including phenoxy) is 3. The Morgan fingerprint density at radius 2 is 2.00 bits per heavy atom. The monoisotopic (exact) mass is 517 g/mol. The zero-order valence-corrected chi connectivity index (χ0v) is 20.3. The minimum atomic E-state index is -0.768. The molecule has 0 radical (unpaired) electrons. The van der Waals surface area contributed by atoms with E-state index < -0.39 is 5.82 Å². The van der Waals surface area contributed by atoms with Crippen LogP contribution in [-0.2, 0) is 4.79 Å². The summed E-state index contributed by atoms with van der Waals surface area (Å²) in [4.78, 5) is 22.3. The van der Waals surface area contributed by atoms with Gasteiger partial charge in [-0.05, 0) is 54.4 Å². The number of hydrogen-bond acceptors (Lipinski definition) is 8. The summed E-state index contributed by atoms with van der Waals surface area (Å²) in [5.41, 5.74) is 1.23. The summed E-state index contributed by atoms with van der Waals surface area (Å²) < 4.78 is 31.0. The smallest absolute Gasteiger partial charge is 0.270 e. The highest BCUT2D eigenvalue weighted by molar-refractivity contribution is 8.27. The topological polar surface area (TPSA) is 73.8 Å². The Hall–Kier alpha value is -3.21. The fourth-order valence-electron chi connectivity index (χ4n) is 3.12. The number of amides is 1. The molecule has 3 aromatic rings. The predicted octanol–water partition coefficient (Wildman–Crippen LogP) is 5.87. The molecule has 0 spiro atoms. The molecule has 0 aliphatic carbocycles. The summed E-state index contributed by atoms with van der Waals surface area (Å²) in [6, 6.07) is 12.1. The van der Waals surface area contributed by atoms with Crippen LogP contribution in [0.15, 0.2) is 53.6 Å². The highest BCUT2D eigenvalue weighted by Crippen LogP contribution is 2.40. The van der Waals surface area contributed by atoms with Gasteiger partial charge in [-0.25, -0.2) is 4.98 Å². The first-order chi connectivity index (χ1) is 16.4. The van der Waals surface area contributed by atoms with E-state index in [0.717, 1.165) is 6.20 Å². The Kier molecular flexibility index (Phi) is 7.30. The third kappa shape index (κ3) is 4.98. The molecule has 7 nitrogen and oxygen atoms in total. The maximum absolute atomic E-state index is 14.0. The molecule has 4 rings (SSSR count). The van der Waals surface area contributed by atoms with Crippen molar-refractivity contribution in [2.24, 2.45) is 0 Å². The van der Waals surface area contributed by atoms with Crippen LogP contribution in [0, 0.1) is 5.82 Å². The average Bonchev–Trinajstić information content (AvgIpc) is 3.10. The Morgan fingerprint density at radius 1 is 1.21 bits per heavy atom. The van der Waals surface area contributed by atoms with E-state index >= 15 is 0 Å². The summed E-state index contributed by atoms with van der Waals surface area (Å²) in [5.74, 6) is -0.255. The normalized spacial score (nSPS) is 14.6. The summed E-state index contributed by atoms with van der Waals surface area (Å²) in [5, 5.41) is -0.150. The van der Waals surface area contributed by atoms with Gasteiger partial charge >= 0.3 is 0 Å². The van der Waals surface area contributed by atoms with E-state index in [1.165, 1.54) is 23.8 Å². The Morgan fingerprint density at radius 3 is 2.76 bits per heavy atom. The van der Waals surface area contributed by atoms with Crippen molar-refractivity contribution in [1.29, 1.82) is 0 Å². The third-order valence-electron chi connectivity index (χ3n) is 4.57. The summed E-state index contributed by atoms with van der Waals surface area (Å²) >= 11 is 12.4. The Balaban J connectivity index is 1.64. The molecule has 11 heteroatoms. The zero-order valence-electron chi connectivity index (χ0n) is 18.0. The number of methoxy groups -OCH3 is 1. The maximum atomic E-state index is 14.0. The largest absolute Gasteiger partial charge is 0.495 e. The fourth-order valence-corrected chi connectivity index (χ4v) is 4.53. The molecule has 0 atom stereocenters. The molecule has 1 amide bonds. The number of halogens is 2. The maximum Gasteiger partial charge on any atom is 0.270 e. The first-order valence-electron chi connectivity index (χ1n) is 9.95. The second-order valence-electron chi connectivity index (χ2n) is 6.72. The van der Waals surface area contributed by atoms with E-state index in [4.69, 9.17) is 38.0 Å². The first kappa shape index (κ1) is 23.9. The van der Waals surface area contributed by atoms with Gasteiger partial charge in [0.05, 0.1) is 30.5 Å². The number of nitrogens with zero attached hydrogens (tertiary/aromatic N) is 3. The van der Waals surface area contributed by atoms with Gasteiger partial charge in [-0.1, -0.05) is 42.2 Å². The van der Waals surface area contributed by atoms with E-state index in [2.05, 4.69) is 9.97 Å². The number of aromatic nitrogens is 2. The van der Waals surface area contributed by atoms with E-state index in [1.807, 2.05) is 6.07 Å². The molecule has 2 aromatic carbocycles. The molecule has 2 heterocycles. The van der Waals surface area contributed by atoms with Crippen LogP contribution in [-0.4, -0.2) is 33.9 Å². The van der Waals surface area contributed by atoms with Crippen LogP contribution in [0.5, 0.6) is 23.1 Å². The molecular weight excluding hydrogens is 501 g/mol. The van der Waals surface area contributed by atoms with Gasteiger partial charge < -0.3 is 14.2 Å². The number of carbonyl (C=O) groups excluding carboxylic acids is 1. The second kappa shape index (κ2) is 10.4. The van der Waals surface area contributed by atoms with Crippen molar-refractivity contribution in [1.82, 2.24) is 9.97 Å². The highest BCUT2D eigenvalue weighted by Gasteiger charge is 2.34. The fraction of sp³-hybridized carbons (Fsp3) is 0.130. The molecule has 34 heavy (non-hydrogen) atoms. The molecule has 1 aliphatic rings. The van der Waals surface area contributed by atoms with Gasteiger partial charge in [0.15, 0.2) is 15.8 Å². The Bertz CT molecular complexity index is 1300. The number of rotatable bonds is 7. The van der Waals surface area contributed by atoms with Crippen LogP contribution in [0.2, 0.25) is 5.28 Å². The first-order valence-corrected chi connectivity index (χ1v) is 11.5. The van der Waals surface area contributed by atoms with Gasteiger partial charge in [0.25, 0.3) is 11.8 Å². The molecule has 1 fully saturated rings. The lowest BCUT2D eigenvalue weighted by Crippen LogP contribution is -2.27. The number of para-hydroxylation sites is 2. The summed E-state index contributed by atoms with van der Waals surface area (Å²) in [6.45, 7) is 2.14. The molecule has 0 bridgehead atoms. The number of anilines is 1. The predicted molar refractivity (Wildman–Crippen MR) is 133 cm³/mol. The lowest BCUT2D eigenvalue weighted by molar-refractivity contribution is -0.113. The lowest BCUT2D eigenvalue weighted by Gasteiger charge is -2.17. The summed E-state index contributed by atoms with van der Waals surface area (Å²) in [6.07, 6.45) is 2.62. The minimum Gasteiger partial charge on any atom is -0.495 e. The van der Waals surface area contributed by atoms with Gasteiger partial charge in [0.1, 0.15) is 5.75 Å². The van der Waals surface area contributed by atoms with E-state index in [-0.39, 0.29) is 22.8 Å². The van der Waals surface area contributed by atoms with Crippen molar-refractivity contribution < 1.29 is 23.4 Å². The standard InChI is InChI=1S/C23H17ClFN3O4S2/c1-3-31-18-10-13(8-9-17(18)32-20-14(25)12-26-22(24)27-20)11-19-21(29)28(23(33)34-19)15-6-4-5-7-16(15)30-2/h4-12H,3H2,1-2H3/b19-11+. The van der Waals surface area contributed by atoms with Crippen molar-refractivity contribution >= 4 is 57.6 Å². The molecular formula is C23H17ClFN3O4S2. The highest BCUT2D eigenvalue weighted by atomic mass is 35.5. The van der Waals surface area contributed by atoms with Crippen molar-refractivity contribution in [2.45, 2.75) is 6.92 Å². The number of carbonyl (C=O) groups is 1. The molecule has 0 unspecified atom stereocenters. The van der Waals surface area contributed by atoms with Gasteiger partial charge in [-0.15, -0.1) is 0 Å². The molecule has 1 saturated heterocycles. The Labute approximate surface area is 209 Å². The van der Waals surface area contributed by atoms with Gasteiger partial charge in [0, 0.05) is 0 Å². The molecule has 1 aliphatic heterocycles. The lowest BCUT2D eigenvalue weighted by atomic mass is 10.1. The summed E-state index contributed by atoms with van der Waals surface area (Å²) in [7, 11) is 1.53. The van der Waals surface area contributed by atoms with E-state index in [9.17, 15) is 9.18 Å². The molecule has 0 saturated carbocycles.